The Balaban J connectivity index is 1.73. The molecule has 0 bridgehead atoms. The third-order valence-corrected chi connectivity index (χ3v) is 4.51. The Hall–Kier alpha value is -1.95. The first-order valence-corrected chi connectivity index (χ1v) is 8.08. The SMILES string of the molecule is CCNc1ccnc(C(=O)Nc2nc3c(s2)CCCC3)c1. The molecule has 1 aliphatic carbocycles. The lowest BCUT2D eigenvalue weighted by Crippen LogP contribution is -2.14. The molecule has 21 heavy (non-hydrogen) atoms. The van der Waals surface area contributed by atoms with Crippen LogP contribution in [-0.2, 0) is 12.8 Å². The number of pyridine rings is 1. The van der Waals surface area contributed by atoms with Gasteiger partial charge in [0.05, 0.1) is 5.69 Å². The zero-order valence-electron chi connectivity index (χ0n) is 12.0. The summed E-state index contributed by atoms with van der Waals surface area (Å²) < 4.78 is 0. The van der Waals surface area contributed by atoms with Gasteiger partial charge in [0, 0.05) is 23.3 Å². The molecule has 2 aromatic heterocycles. The number of thiazole rings is 1. The first kappa shape index (κ1) is 14.0. The van der Waals surface area contributed by atoms with Crippen molar-refractivity contribution in [2.45, 2.75) is 32.6 Å². The van der Waals surface area contributed by atoms with Crippen molar-refractivity contribution in [2.24, 2.45) is 0 Å². The van der Waals surface area contributed by atoms with Crippen LogP contribution in [0.25, 0.3) is 0 Å². The molecule has 0 radical (unpaired) electrons. The maximum absolute atomic E-state index is 12.2. The molecule has 0 aliphatic heterocycles. The Kier molecular flexibility index (Phi) is 4.15. The van der Waals surface area contributed by atoms with E-state index in [1.807, 2.05) is 13.0 Å². The number of carbonyl (C=O) groups is 1. The number of hydrogen-bond acceptors (Lipinski definition) is 5. The quantitative estimate of drug-likeness (QED) is 0.910. The molecule has 5 nitrogen and oxygen atoms in total. The van der Waals surface area contributed by atoms with Crippen molar-refractivity contribution >= 4 is 28.1 Å². The average molecular weight is 302 g/mol. The molecule has 0 spiro atoms. The topological polar surface area (TPSA) is 66.9 Å². The van der Waals surface area contributed by atoms with Crippen molar-refractivity contribution in [3.8, 4) is 0 Å². The average Bonchev–Trinajstić information content (AvgIpc) is 2.90. The summed E-state index contributed by atoms with van der Waals surface area (Å²) in [7, 11) is 0. The minimum absolute atomic E-state index is 0.208. The van der Waals surface area contributed by atoms with E-state index in [1.54, 1.807) is 23.6 Å². The lowest BCUT2D eigenvalue weighted by Gasteiger charge is -2.06. The van der Waals surface area contributed by atoms with Crippen LogP contribution in [0.2, 0.25) is 0 Å². The number of nitrogens with one attached hydrogen (secondary N) is 2. The maximum Gasteiger partial charge on any atom is 0.276 e. The van der Waals surface area contributed by atoms with E-state index in [9.17, 15) is 4.79 Å². The predicted molar refractivity (Wildman–Crippen MR) is 85.1 cm³/mol. The highest BCUT2D eigenvalue weighted by atomic mass is 32.1. The second-order valence-electron chi connectivity index (χ2n) is 5.01. The number of amides is 1. The number of fused-ring (bicyclic) bond motifs is 1. The molecule has 1 amide bonds. The highest BCUT2D eigenvalue weighted by Gasteiger charge is 2.17. The van der Waals surface area contributed by atoms with Crippen LogP contribution in [0.4, 0.5) is 10.8 Å². The molecule has 6 heteroatoms. The van der Waals surface area contributed by atoms with Gasteiger partial charge in [-0.25, -0.2) is 4.98 Å². The molecule has 0 aromatic carbocycles. The first-order chi connectivity index (χ1) is 10.3. The molecule has 3 rings (SSSR count). The summed E-state index contributed by atoms with van der Waals surface area (Å²) >= 11 is 1.59. The van der Waals surface area contributed by atoms with E-state index in [4.69, 9.17) is 0 Å². The van der Waals surface area contributed by atoms with Crippen LogP contribution in [0, 0.1) is 0 Å². The molecular weight excluding hydrogens is 284 g/mol. The highest BCUT2D eigenvalue weighted by molar-refractivity contribution is 7.15. The standard InChI is InChI=1S/C15H18N4OS/c1-2-16-10-7-8-17-12(9-10)14(20)19-15-18-11-5-3-4-6-13(11)21-15/h7-9H,2-6H2,1H3,(H,16,17)(H,18,19,20). The number of rotatable bonds is 4. The fourth-order valence-electron chi connectivity index (χ4n) is 2.44. The van der Waals surface area contributed by atoms with Crippen LogP contribution < -0.4 is 10.6 Å². The molecule has 0 saturated carbocycles. The van der Waals surface area contributed by atoms with Crippen molar-refractivity contribution in [3.63, 3.8) is 0 Å². The van der Waals surface area contributed by atoms with Gasteiger partial charge in [-0.1, -0.05) is 0 Å². The summed E-state index contributed by atoms with van der Waals surface area (Å²) in [6.45, 7) is 2.82. The molecular formula is C15H18N4OS. The minimum Gasteiger partial charge on any atom is -0.385 e. The number of anilines is 2. The van der Waals surface area contributed by atoms with E-state index in [0.29, 0.717) is 10.8 Å². The number of hydrogen-bond donors (Lipinski definition) is 2. The van der Waals surface area contributed by atoms with Crippen LogP contribution in [0.1, 0.15) is 40.8 Å². The van der Waals surface area contributed by atoms with Gasteiger partial charge in [0.1, 0.15) is 5.69 Å². The van der Waals surface area contributed by atoms with E-state index in [-0.39, 0.29) is 5.91 Å². The number of carbonyl (C=O) groups excluding carboxylic acids is 1. The summed E-state index contributed by atoms with van der Waals surface area (Å²) in [5.74, 6) is -0.208. The molecule has 0 saturated heterocycles. The van der Waals surface area contributed by atoms with Gasteiger partial charge in [-0.15, -0.1) is 11.3 Å². The molecule has 0 atom stereocenters. The minimum atomic E-state index is -0.208. The fraction of sp³-hybridized carbons (Fsp3) is 0.400. The third kappa shape index (κ3) is 3.21. The van der Waals surface area contributed by atoms with Gasteiger partial charge in [0.15, 0.2) is 5.13 Å². The van der Waals surface area contributed by atoms with Crippen LogP contribution in [0.15, 0.2) is 18.3 Å². The van der Waals surface area contributed by atoms with Crippen LogP contribution in [-0.4, -0.2) is 22.4 Å². The van der Waals surface area contributed by atoms with Crippen LogP contribution >= 0.6 is 11.3 Å². The zero-order valence-corrected chi connectivity index (χ0v) is 12.8. The van der Waals surface area contributed by atoms with E-state index in [0.717, 1.165) is 30.8 Å². The number of nitrogens with zero attached hydrogens (tertiary/aromatic N) is 2. The summed E-state index contributed by atoms with van der Waals surface area (Å²) in [6, 6.07) is 3.61. The smallest absolute Gasteiger partial charge is 0.276 e. The monoisotopic (exact) mass is 302 g/mol. The molecule has 1 aliphatic rings. The second-order valence-corrected chi connectivity index (χ2v) is 6.09. The largest absolute Gasteiger partial charge is 0.385 e. The molecule has 0 fully saturated rings. The van der Waals surface area contributed by atoms with Crippen molar-refractivity contribution in [2.75, 3.05) is 17.2 Å². The normalized spacial score (nSPS) is 13.6. The lowest BCUT2D eigenvalue weighted by atomic mass is 10.0. The van der Waals surface area contributed by atoms with Gasteiger partial charge in [-0.3, -0.25) is 15.1 Å². The van der Waals surface area contributed by atoms with E-state index in [1.165, 1.54) is 17.7 Å². The maximum atomic E-state index is 12.2. The summed E-state index contributed by atoms with van der Waals surface area (Å²) in [6.07, 6.45) is 6.15. The van der Waals surface area contributed by atoms with Gasteiger partial charge < -0.3 is 5.32 Å². The van der Waals surface area contributed by atoms with Crippen LogP contribution in [0.5, 0.6) is 0 Å². The summed E-state index contributed by atoms with van der Waals surface area (Å²) in [5.41, 5.74) is 2.45. The zero-order chi connectivity index (χ0) is 14.7. The highest BCUT2D eigenvalue weighted by Crippen LogP contribution is 2.29. The third-order valence-electron chi connectivity index (χ3n) is 3.44. The van der Waals surface area contributed by atoms with Gasteiger partial charge >= 0.3 is 0 Å². The van der Waals surface area contributed by atoms with E-state index >= 15 is 0 Å². The lowest BCUT2D eigenvalue weighted by molar-refractivity contribution is 0.102. The number of aromatic nitrogens is 2. The van der Waals surface area contributed by atoms with Gasteiger partial charge in [-0.05, 0) is 44.7 Å². The van der Waals surface area contributed by atoms with Gasteiger partial charge in [0.25, 0.3) is 5.91 Å². The Morgan fingerprint density at radius 1 is 1.38 bits per heavy atom. The van der Waals surface area contributed by atoms with Crippen molar-refractivity contribution in [1.82, 2.24) is 9.97 Å². The van der Waals surface area contributed by atoms with Crippen molar-refractivity contribution in [1.29, 1.82) is 0 Å². The van der Waals surface area contributed by atoms with Gasteiger partial charge in [0.2, 0.25) is 0 Å². The molecule has 2 aromatic rings. The molecule has 110 valence electrons. The van der Waals surface area contributed by atoms with E-state index < -0.39 is 0 Å². The Bertz CT molecular complexity index is 629. The second kappa shape index (κ2) is 6.22. The van der Waals surface area contributed by atoms with Crippen LogP contribution in [0.3, 0.4) is 0 Å². The number of aryl methyl sites for hydroxylation is 2. The summed E-state index contributed by atoms with van der Waals surface area (Å²) in [5, 5.41) is 6.72. The van der Waals surface area contributed by atoms with Crippen molar-refractivity contribution < 1.29 is 4.79 Å². The first-order valence-electron chi connectivity index (χ1n) is 7.26. The van der Waals surface area contributed by atoms with E-state index in [2.05, 4.69) is 20.6 Å². The Labute approximate surface area is 127 Å². The molecule has 2 heterocycles. The Morgan fingerprint density at radius 2 is 2.24 bits per heavy atom. The Morgan fingerprint density at radius 3 is 3.05 bits per heavy atom. The van der Waals surface area contributed by atoms with Crippen molar-refractivity contribution in [3.05, 3.63) is 34.6 Å². The predicted octanol–water partition coefficient (Wildman–Crippen LogP) is 3.10. The fourth-order valence-corrected chi connectivity index (χ4v) is 3.48. The summed E-state index contributed by atoms with van der Waals surface area (Å²) in [4.78, 5) is 22.2. The molecule has 0 unspecified atom stereocenters. The molecule has 2 N–H and O–H groups in total. The van der Waals surface area contributed by atoms with Gasteiger partial charge in [-0.2, -0.15) is 0 Å².